The van der Waals surface area contributed by atoms with Crippen molar-refractivity contribution in [2.24, 2.45) is 0 Å². The Morgan fingerprint density at radius 2 is 1.81 bits per heavy atom. The Hall–Kier alpha value is -2.94. The summed E-state index contributed by atoms with van der Waals surface area (Å²) >= 11 is 6.10. The van der Waals surface area contributed by atoms with Gasteiger partial charge in [-0.2, -0.15) is 4.98 Å². The molecule has 2 aromatic carbocycles. The van der Waals surface area contributed by atoms with Gasteiger partial charge in [0.1, 0.15) is 5.75 Å². The maximum Gasteiger partial charge on any atom is 0.241 e. The molecule has 1 aromatic heterocycles. The smallest absolute Gasteiger partial charge is 0.241 e. The summed E-state index contributed by atoms with van der Waals surface area (Å²) in [6.07, 6.45) is 0. The van der Waals surface area contributed by atoms with Crippen molar-refractivity contribution in [2.75, 3.05) is 45.2 Å². The fraction of sp³-hybridized carbons (Fsp3) is 0.318. The maximum absolute atomic E-state index is 12.3. The van der Waals surface area contributed by atoms with Gasteiger partial charge < -0.3 is 14.6 Å². The van der Waals surface area contributed by atoms with Crippen LogP contribution >= 0.6 is 11.6 Å². The molecule has 0 bridgehead atoms. The Morgan fingerprint density at radius 1 is 1.10 bits per heavy atom. The molecule has 1 aliphatic heterocycles. The zero-order valence-electron chi connectivity index (χ0n) is 17.3. The molecule has 1 amide bonds. The van der Waals surface area contributed by atoms with Gasteiger partial charge in [-0.3, -0.25) is 14.6 Å². The predicted molar refractivity (Wildman–Crippen MR) is 118 cm³/mol. The number of hydrogen-bond donors (Lipinski definition) is 1. The average molecular weight is 442 g/mol. The summed E-state index contributed by atoms with van der Waals surface area (Å²) in [4.78, 5) is 21.2. The molecular weight excluding hydrogens is 418 g/mol. The number of halogens is 1. The van der Waals surface area contributed by atoms with Crippen molar-refractivity contribution in [1.82, 2.24) is 19.9 Å². The van der Waals surface area contributed by atoms with Crippen molar-refractivity contribution in [3.05, 3.63) is 59.4 Å². The largest absolute Gasteiger partial charge is 0.497 e. The molecule has 0 saturated carbocycles. The molecule has 31 heavy (non-hydrogen) atoms. The maximum atomic E-state index is 12.3. The van der Waals surface area contributed by atoms with Gasteiger partial charge in [0.15, 0.2) is 0 Å². The molecular formula is C22H24ClN5O3. The summed E-state index contributed by atoms with van der Waals surface area (Å²) < 4.78 is 10.6. The first-order chi connectivity index (χ1) is 15.1. The summed E-state index contributed by atoms with van der Waals surface area (Å²) in [5, 5.41) is 7.48. The van der Waals surface area contributed by atoms with Crippen LogP contribution in [0.15, 0.2) is 53.1 Å². The quantitative estimate of drug-likeness (QED) is 0.602. The Balaban J connectivity index is 1.24. The van der Waals surface area contributed by atoms with Crippen LogP contribution in [0.3, 0.4) is 0 Å². The van der Waals surface area contributed by atoms with E-state index in [1.165, 1.54) is 0 Å². The first kappa shape index (κ1) is 21.3. The third-order valence-corrected chi connectivity index (χ3v) is 5.48. The van der Waals surface area contributed by atoms with E-state index in [1.54, 1.807) is 19.2 Å². The minimum atomic E-state index is -0.0671. The zero-order valence-corrected chi connectivity index (χ0v) is 18.0. The number of piperazine rings is 1. The van der Waals surface area contributed by atoms with Gasteiger partial charge in [0, 0.05) is 31.7 Å². The highest BCUT2D eigenvalue weighted by Crippen LogP contribution is 2.21. The molecule has 0 spiro atoms. The molecule has 1 N–H and O–H groups in total. The van der Waals surface area contributed by atoms with Gasteiger partial charge in [-0.1, -0.05) is 28.9 Å². The molecule has 162 valence electrons. The van der Waals surface area contributed by atoms with Crippen LogP contribution in [-0.4, -0.2) is 65.7 Å². The number of carbonyl (C=O) groups is 1. The van der Waals surface area contributed by atoms with E-state index in [9.17, 15) is 4.79 Å². The van der Waals surface area contributed by atoms with Gasteiger partial charge in [0.2, 0.25) is 17.6 Å². The van der Waals surface area contributed by atoms with Crippen LogP contribution < -0.4 is 10.1 Å². The van der Waals surface area contributed by atoms with E-state index in [0.29, 0.717) is 35.5 Å². The molecule has 8 nitrogen and oxygen atoms in total. The molecule has 3 aromatic rings. The summed E-state index contributed by atoms with van der Waals surface area (Å²) in [5.74, 6) is 1.86. The lowest BCUT2D eigenvalue weighted by Gasteiger charge is -2.33. The fourth-order valence-electron chi connectivity index (χ4n) is 3.43. The van der Waals surface area contributed by atoms with Crippen LogP contribution in [0.5, 0.6) is 5.75 Å². The van der Waals surface area contributed by atoms with E-state index in [0.717, 1.165) is 37.5 Å². The zero-order chi connectivity index (χ0) is 21.6. The summed E-state index contributed by atoms with van der Waals surface area (Å²) in [6.45, 7) is 4.13. The topological polar surface area (TPSA) is 83.7 Å². The second kappa shape index (κ2) is 9.91. The van der Waals surface area contributed by atoms with E-state index in [2.05, 4.69) is 25.3 Å². The average Bonchev–Trinajstić information content (AvgIpc) is 3.25. The van der Waals surface area contributed by atoms with Crippen LogP contribution in [0.25, 0.3) is 11.4 Å². The first-order valence-corrected chi connectivity index (χ1v) is 10.4. The number of nitrogens with zero attached hydrogens (tertiary/aromatic N) is 4. The lowest BCUT2D eigenvalue weighted by molar-refractivity contribution is -0.117. The molecule has 0 aliphatic carbocycles. The molecule has 9 heteroatoms. The first-order valence-electron chi connectivity index (χ1n) is 10.1. The normalized spacial score (nSPS) is 15.0. The van der Waals surface area contributed by atoms with E-state index in [4.69, 9.17) is 20.9 Å². The fourth-order valence-corrected chi connectivity index (χ4v) is 3.61. The number of carbonyl (C=O) groups excluding carboxylic acids is 1. The molecule has 0 radical (unpaired) electrons. The van der Waals surface area contributed by atoms with Gasteiger partial charge in [0.05, 0.1) is 30.9 Å². The van der Waals surface area contributed by atoms with Crippen LogP contribution in [0.1, 0.15) is 5.89 Å². The number of aromatic nitrogens is 2. The Bertz CT molecular complexity index is 1020. The summed E-state index contributed by atoms with van der Waals surface area (Å²) in [5.41, 5.74) is 1.52. The molecule has 0 atom stereocenters. The highest BCUT2D eigenvalue weighted by Gasteiger charge is 2.21. The Morgan fingerprint density at radius 3 is 2.52 bits per heavy atom. The van der Waals surface area contributed by atoms with Crippen molar-refractivity contribution in [3.8, 4) is 17.1 Å². The number of amides is 1. The number of nitrogens with one attached hydrogen (secondary N) is 1. The number of hydrogen-bond acceptors (Lipinski definition) is 7. The lowest BCUT2D eigenvalue weighted by atomic mass is 10.2. The minimum absolute atomic E-state index is 0.0671. The van der Waals surface area contributed by atoms with E-state index in [-0.39, 0.29) is 5.91 Å². The predicted octanol–water partition coefficient (Wildman–Crippen LogP) is 3.15. The van der Waals surface area contributed by atoms with Gasteiger partial charge in [-0.25, -0.2) is 0 Å². The van der Waals surface area contributed by atoms with Crippen molar-refractivity contribution in [1.29, 1.82) is 0 Å². The van der Waals surface area contributed by atoms with E-state index >= 15 is 0 Å². The highest BCUT2D eigenvalue weighted by molar-refractivity contribution is 6.33. The number of methoxy groups -OCH3 is 1. The van der Waals surface area contributed by atoms with Gasteiger partial charge >= 0.3 is 0 Å². The SMILES string of the molecule is COc1ccc(-c2noc(CN3CCN(CC(=O)Nc4ccccc4Cl)CC3)n2)cc1. The second-order valence-corrected chi connectivity index (χ2v) is 7.73. The monoisotopic (exact) mass is 441 g/mol. The van der Waals surface area contributed by atoms with Crippen LogP contribution in [0.4, 0.5) is 5.69 Å². The summed E-state index contributed by atoms with van der Waals surface area (Å²) in [7, 11) is 1.63. The third kappa shape index (κ3) is 5.61. The van der Waals surface area contributed by atoms with Gasteiger partial charge in [-0.05, 0) is 36.4 Å². The van der Waals surface area contributed by atoms with Crippen LogP contribution in [0.2, 0.25) is 5.02 Å². The van der Waals surface area contributed by atoms with Crippen molar-refractivity contribution in [2.45, 2.75) is 6.54 Å². The number of ether oxygens (including phenoxy) is 1. The standard InChI is InChI=1S/C22H24ClN5O3/c1-30-17-8-6-16(7-9-17)22-25-21(31-26-22)15-28-12-10-27(11-13-28)14-20(29)24-19-5-3-2-4-18(19)23/h2-9H,10-15H2,1H3,(H,24,29). The van der Waals surface area contributed by atoms with E-state index < -0.39 is 0 Å². The summed E-state index contributed by atoms with van der Waals surface area (Å²) in [6, 6.07) is 14.8. The highest BCUT2D eigenvalue weighted by atomic mass is 35.5. The molecule has 1 saturated heterocycles. The Labute approximate surface area is 185 Å². The lowest BCUT2D eigenvalue weighted by Crippen LogP contribution is -2.48. The van der Waals surface area contributed by atoms with Crippen molar-refractivity contribution in [3.63, 3.8) is 0 Å². The molecule has 0 unspecified atom stereocenters. The number of rotatable bonds is 7. The third-order valence-electron chi connectivity index (χ3n) is 5.16. The molecule has 4 rings (SSSR count). The molecule has 1 fully saturated rings. The molecule has 1 aliphatic rings. The molecule has 2 heterocycles. The van der Waals surface area contributed by atoms with Gasteiger partial charge in [0.25, 0.3) is 0 Å². The second-order valence-electron chi connectivity index (χ2n) is 7.32. The minimum Gasteiger partial charge on any atom is -0.497 e. The van der Waals surface area contributed by atoms with Crippen molar-refractivity contribution >= 4 is 23.2 Å². The van der Waals surface area contributed by atoms with Crippen LogP contribution in [-0.2, 0) is 11.3 Å². The van der Waals surface area contributed by atoms with Gasteiger partial charge in [-0.15, -0.1) is 0 Å². The Kier molecular flexibility index (Phi) is 6.81. The van der Waals surface area contributed by atoms with Crippen molar-refractivity contribution < 1.29 is 14.1 Å². The number of anilines is 1. The van der Waals surface area contributed by atoms with Crippen LogP contribution in [0, 0.1) is 0 Å². The number of para-hydroxylation sites is 1. The van der Waals surface area contributed by atoms with E-state index in [1.807, 2.05) is 36.4 Å². The number of benzene rings is 2.